The third kappa shape index (κ3) is 2.34. The number of hydrogen-bond acceptors (Lipinski definition) is 3. The highest BCUT2D eigenvalue weighted by molar-refractivity contribution is 5.93. The van der Waals surface area contributed by atoms with Crippen LogP contribution in [-0.2, 0) is 16.1 Å². The van der Waals surface area contributed by atoms with Gasteiger partial charge in [-0.3, -0.25) is 9.59 Å². The molecule has 1 N–H and O–H groups in total. The van der Waals surface area contributed by atoms with Crippen molar-refractivity contribution in [2.45, 2.75) is 12.2 Å². The number of nitrogens with zero attached hydrogens (tertiary/aromatic N) is 3. The molecule has 0 aliphatic carbocycles. The fourth-order valence-electron chi connectivity index (χ4n) is 2.46. The van der Waals surface area contributed by atoms with Crippen LogP contribution in [0.1, 0.15) is 5.69 Å². The molecule has 0 bridgehead atoms. The molecule has 0 spiro atoms. The van der Waals surface area contributed by atoms with E-state index in [1.807, 2.05) is 18.2 Å². The van der Waals surface area contributed by atoms with Crippen LogP contribution in [0, 0.1) is 0 Å². The zero-order chi connectivity index (χ0) is 15.7. The van der Waals surface area contributed by atoms with Crippen LogP contribution in [0.5, 0.6) is 0 Å². The van der Waals surface area contributed by atoms with E-state index in [0.29, 0.717) is 0 Å². The van der Waals surface area contributed by atoms with Crippen molar-refractivity contribution >= 4 is 17.3 Å². The van der Waals surface area contributed by atoms with Crippen LogP contribution in [0.3, 0.4) is 0 Å². The Labute approximate surface area is 126 Å². The van der Waals surface area contributed by atoms with Gasteiger partial charge in [0.15, 0.2) is 0 Å². The molecule has 7 heteroatoms. The minimum absolute atomic E-state index is 0.166. The van der Waals surface area contributed by atoms with E-state index in [9.17, 15) is 14.0 Å². The van der Waals surface area contributed by atoms with Crippen molar-refractivity contribution in [3.8, 4) is 0 Å². The van der Waals surface area contributed by atoms with Crippen molar-refractivity contribution in [3.63, 3.8) is 0 Å². The van der Waals surface area contributed by atoms with Gasteiger partial charge in [0, 0.05) is 6.20 Å². The van der Waals surface area contributed by atoms with Crippen LogP contribution in [0.2, 0.25) is 0 Å². The van der Waals surface area contributed by atoms with Crippen LogP contribution in [0.15, 0.2) is 43.1 Å². The highest BCUT2D eigenvalue weighted by Crippen LogP contribution is 2.26. The second kappa shape index (κ2) is 5.25. The van der Waals surface area contributed by atoms with Crippen molar-refractivity contribution in [2.75, 3.05) is 13.1 Å². The summed E-state index contributed by atoms with van der Waals surface area (Å²) in [5, 5.41) is 6.71. The van der Waals surface area contributed by atoms with Crippen molar-refractivity contribution < 1.29 is 14.0 Å². The molecule has 0 radical (unpaired) electrons. The predicted molar refractivity (Wildman–Crippen MR) is 77.7 cm³/mol. The quantitative estimate of drug-likeness (QED) is 0.845. The molecule has 1 aliphatic heterocycles. The van der Waals surface area contributed by atoms with Gasteiger partial charge < -0.3 is 10.2 Å². The molecule has 0 atom stereocenters. The van der Waals surface area contributed by atoms with Gasteiger partial charge in [-0.1, -0.05) is 12.6 Å². The largest absolute Gasteiger partial charge is 0.348 e. The first-order valence-corrected chi connectivity index (χ1v) is 6.84. The number of likely N-dealkylation sites (tertiary alicyclic amines) is 1. The Morgan fingerprint density at radius 2 is 2.18 bits per heavy atom. The van der Waals surface area contributed by atoms with Gasteiger partial charge in [-0.05, 0) is 24.3 Å². The Balaban J connectivity index is 1.62. The normalized spacial score (nSPS) is 16.1. The lowest BCUT2D eigenvalue weighted by molar-refractivity contribution is -0.153. The number of alkyl halides is 1. The molecule has 0 saturated carbocycles. The molecule has 0 aromatic carbocycles. The van der Waals surface area contributed by atoms with E-state index in [1.54, 1.807) is 16.8 Å². The summed E-state index contributed by atoms with van der Waals surface area (Å²) in [5.41, 5.74) is -0.387. The molecule has 6 nitrogen and oxygen atoms in total. The lowest BCUT2D eigenvalue weighted by Crippen LogP contribution is -2.67. The number of nitrogens with one attached hydrogen (secondary N) is 1. The number of amides is 2. The number of hydrogen-bond donors (Lipinski definition) is 1. The molecule has 0 unspecified atom stereocenters. The zero-order valence-electron chi connectivity index (χ0n) is 11.8. The van der Waals surface area contributed by atoms with Gasteiger partial charge in [-0.2, -0.15) is 5.10 Å². The molecule has 1 saturated heterocycles. The van der Waals surface area contributed by atoms with E-state index < -0.39 is 11.6 Å². The average Bonchev–Trinajstić information content (AvgIpc) is 2.97. The monoisotopic (exact) mass is 302 g/mol. The van der Waals surface area contributed by atoms with Gasteiger partial charge >= 0.3 is 0 Å². The summed E-state index contributed by atoms with van der Waals surface area (Å²) in [6, 6.07) is 7.38. The number of halogens is 1. The van der Waals surface area contributed by atoms with E-state index in [2.05, 4.69) is 17.0 Å². The number of rotatable bonds is 4. The standard InChI is InChI=1S/C15H15FN4O2/c1-2-13(21)19-9-15(16,10-19)14(22)17-8-12-5-3-4-11-6-7-18-20(11)12/h2-7H,1,8-10H2,(H,17,22). The second-order valence-corrected chi connectivity index (χ2v) is 5.23. The third-order valence-electron chi connectivity index (χ3n) is 3.71. The maximum atomic E-state index is 14.3. The number of pyridine rings is 1. The Kier molecular flexibility index (Phi) is 3.40. The van der Waals surface area contributed by atoms with Gasteiger partial charge in [0.25, 0.3) is 5.91 Å². The summed E-state index contributed by atoms with van der Waals surface area (Å²) in [6.45, 7) is 3.02. The number of aromatic nitrogens is 2. The van der Waals surface area contributed by atoms with E-state index >= 15 is 0 Å². The minimum Gasteiger partial charge on any atom is -0.348 e. The predicted octanol–water partition coefficient (Wildman–Crippen LogP) is 0.687. The molecule has 22 heavy (non-hydrogen) atoms. The van der Waals surface area contributed by atoms with Crippen LogP contribution < -0.4 is 5.32 Å². The van der Waals surface area contributed by atoms with Gasteiger partial charge in [0.05, 0.1) is 30.8 Å². The lowest BCUT2D eigenvalue weighted by Gasteiger charge is -2.42. The Morgan fingerprint density at radius 1 is 1.41 bits per heavy atom. The fourth-order valence-corrected chi connectivity index (χ4v) is 2.46. The summed E-state index contributed by atoms with van der Waals surface area (Å²) in [7, 11) is 0. The molecule has 3 heterocycles. The maximum Gasteiger partial charge on any atom is 0.261 e. The molecule has 1 fully saturated rings. The van der Waals surface area contributed by atoms with Crippen LogP contribution in [0.25, 0.3) is 5.52 Å². The van der Waals surface area contributed by atoms with Crippen LogP contribution >= 0.6 is 0 Å². The molecule has 2 amide bonds. The first kappa shape index (κ1) is 14.2. The molecule has 3 rings (SSSR count). The van der Waals surface area contributed by atoms with Gasteiger partial charge in [-0.15, -0.1) is 0 Å². The first-order valence-electron chi connectivity index (χ1n) is 6.84. The highest BCUT2D eigenvalue weighted by atomic mass is 19.1. The Hall–Kier alpha value is -2.70. The SMILES string of the molecule is C=CC(=O)N1CC(F)(C(=O)NCc2cccc3ccnn23)C1. The minimum atomic E-state index is -2.03. The van der Waals surface area contributed by atoms with Gasteiger partial charge in [0.1, 0.15) is 0 Å². The lowest BCUT2D eigenvalue weighted by atomic mass is 9.95. The van der Waals surface area contributed by atoms with Crippen molar-refractivity contribution in [3.05, 3.63) is 48.8 Å². The van der Waals surface area contributed by atoms with Crippen molar-refractivity contribution in [2.24, 2.45) is 0 Å². The average molecular weight is 302 g/mol. The molecule has 114 valence electrons. The zero-order valence-corrected chi connectivity index (χ0v) is 11.8. The summed E-state index contributed by atoms with van der Waals surface area (Å²) < 4.78 is 16.0. The molecule has 2 aromatic rings. The van der Waals surface area contributed by atoms with Gasteiger partial charge in [-0.25, -0.2) is 8.91 Å². The summed E-state index contributed by atoms with van der Waals surface area (Å²) in [4.78, 5) is 24.5. The summed E-state index contributed by atoms with van der Waals surface area (Å²) in [6.07, 6.45) is 2.76. The highest BCUT2D eigenvalue weighted by Gasteiger charge is 2.51. The fraction of sp³-hybridized carbons (Fsp3) is 0.267. The van der Waals surface area contributed by atoms with E-state index in [4.69, 9.17) is 0 Å². The molecular formula is C15H15FN4O2. The van der Waals surface area contributed by atoms with Gasteiger partial charge in [0.2, 0.25) is 11.6 Å². The van der Waals surface area contributed by atoms with E-state index in [1.165, 1.54) is 4.90 Å². The van der Waals surface area contributed by atoms with E-state index in [-0.39, 0.29) is 25.5 Å². The smallest absolute Gasteiger partial charge is 0.261 e. The maximum absolute atomic E-state index is 14.3. The third-order valence-corrected chi connectivity index (χ3v) is 3.71. The number of carbonyl (C=O) groups is 2. The molecule has 1 aliphatic rings. The van der Waals surface area contributed by atoms with Crippen molar-refractivity contribution in [1.29, 1.82) is 0 Å². The summed E-state index contributed by atoms with van der Waals surface area (Å²) >= 11 is 0. The second-order valence-electron chi connectivity index (χ2n) is 5.23. The Morgan fingerprint density at radius 3 is 2.91 bits per heavy atom. The van der Waals surface area contributed by atoms with Crippen molar-refractivity contribution in [1.82, 2.24) is 19.8 Å². The van der Waals surface area contributed by atoms with Crippen LogP contribution in [0.4, 0.5) is 4.39 Å². The van der Waals surface area contributed by atoms with Crippen LogP contribution in [-0.4, -0.2) is 45.1 Å². The molecular weight excluding hydrogens is 287 g/mol. The Bertz CT molecular complexity index is 749. The van der Waals surface area contributed by atoms with E-state index in [0.717, 1.165) is 17.3 Å². The number of carbonyl (C=O) groups excluding carboxylic acids is 2. The number of fused-ring (bicyclic) bond motifs is 1. The molecule has 2 aromatic heterocycles. The summed E-state index contributed by atoms with van der Waals surface area (Å²) in [5.74, 6) is -1.09. The first-order chi connectivity index (χ1) is 10.5. The topological polar surface area (TPSA) is 66.7 Å².